The summed E-state index contributed by atoms with van der Waals surface area (Å²) >= 11 is 3.40. The molecule has 3 N–H and O–H groups in total. The second kappa shape index (κ2) is 8.44. The SMILES string of the molecule is COc1ccc(C2CC(C(=O)N/N=C(\C)c3ccc(Br)cc3)NN2)cc1. The Morgan fingerprint density at radius 3 is 2.50 bits per heavy atom. The van der Waals surface area contributed by atoms with Gasteiger partial charge in [-0.2, -0.15) is 5.10 Å². The number of hydrogen-bond acceptors (Lipinski definition) is 5. The zero-order chi connectivity index (χ0) is 18.5. The lowest BCUT2D eigenvalue weighted by Crippen LogP contribution is -2.41. The number of benzene rings is 2. The average Bonchev–Trinajstić information content (AvgIpc) is 3.17. The van der Waals surface area contributed by atoms with Gasteiger partial charge in [-0.1, -0.05) is 40.2 Å². The minimum absolute atomic E-state index is 0.0632. The van der Waals surface area contributed by atoms with Gasteiger partial charge in [-0.3, -0.25) is 4.79 Å². The van der Waals surface area contributed by atoms with E-state index in [4.69, 9.17) is 4.74 Å². The first-order valence-electron chi connectivity index (χ1n) is 8.32. The molecule has 1 amide bonds. The molecule has 0 aliphatic carbocycles. The number of hydrazine groups is 1. The highest BCUT2D eigenvalue weighted by molar-refractivity contribution is 9.10. The van der Waals surface area contributed by atoms with E-state index in [1.54, 1.807) is 7.11 Å². The van der Waals surface area contributed by atoms with Gasteiger partial charge in [0.25, 0.3) is 5.91 Å². The Morgan fingerprint density at radius 2 is 1.85 bits per heavy atom. The van der Waals surface area contributed by atoms with Crippen LogP contribution in [0.1, 0.15) is 30.5 Å². The summed E-state index contributed by atoms with van der Waals surface area (Å²) < 4.78 is 6.17. The van der Waals surface area contributed by atoms with E-state index >= 15 is 0 Å². The molecule has 2 atom stereocenters. The summed E-state index contributed by atoms with van der Waals surface area (Å²) in [5, 5.41) is 4.21. The van der Waals surface area contributed by atoms with E-state index in [-0.39, 0.29) is 18.0 Å². The topological polar surface area (TPSA) is 74.8 Å². The van der Waals surface area contributed by atoms with Crippen molar-refractivity contribution in [1.82, 2.24) is 16.3 Å². The van der Waals surface area contributed by atoms with Crippen LogP contribution in [0.4, 0.5) is 0 Å². The van der Waals surface area contributed by atoms with Crippen LogP contribution in [0.25, 0.3) is 0 Å². The van der Waals surface area contributed by atoms with Crippen molar-refractivity contribution in [2.75, 3.05) is 7.11 Å². The van der Waals surface area contributed by atoms with Gasteiger partial charge in [0.2, 0.25) is 0 Å². The molecule has 1 saturated heterocycles. The van der Waals surface area contributed by atoms with Gasteiger partial charge in [0.05, 0.1) is 12.8 Å². The normalized spacial score (nSPS) is 20.0. The molecule has 2 aromatic rings. The Balaban J connectivity index is 1.57. The van der Waals surface area contributed by atoms with E-state index in [0.29, 0.717) is 6.42 Å². The highest BCUT2D eigenvalue weighted by Gasteiger charge is 2.30. The van der Waals surface area contributed by atoms with Gasteiger partial charge in [-0.05, 0) is 48.7 Å². The van der Waals surface area contributed by atoms with Crippen molar-refractivity contribution in [3.05, 3.63) is 64.1 Å². The highest BCUT2D eigenvalue weighted by Crippen LogP contribution is 2.24. The lowest BCUT2D eigenvalue weighted by Gasteiger charge is -2.10. The number of halogens is 1. The zero-order valence-corrected chi connectivity index (χ0v) is 16.2. The lowest BCUT2D eigenvalue weighted by molar-refractivity contribution is -0.122. The number of rotatable bonds is 5. The van der Waals surface area contributed by atoms with Crippen molar-refractivity contribution >= 4 is 27.5 Å². The molecule has 6 nitrogen and oxygen atoms in total. The fourth-order valence-electron chi connectivity index (χ4n) is 2.76. The number of methoxy groups -OCH3 is 1. The van der Waals surface area contributed by atoms with Gasteiger partial charge in [0.1, 0.15) is 11.8 Å². The number of hydrogen-bond donors (Lipinski definition) is 3. The maximum Gasteiger partial charge on any atom is 0.258 e. The molecular formula is C19H21BrN4O2. The largest absolute Gasteiger partial charge is 0.497 e. The first-order chi connectivity index (χ1) is 12.6. The Hall–Kier alpha value is -2.22. The fourth-order valence-corrected chi connectivity index (χ4v) is 3.02. The Bertz CT molecular complexity index is 790. The van der Waals surface area contributed by atoms with Crippen LogP contribution in [0.3, 0.4) is 0 Å². The predicted molar refractivity (Wildman–Crippen MR) is 105 cm³/mol. The Morgan fingerprint density at radius 1 is 1.15 bits per heavy atom. The van der Waals surface area contributed by atoms with Crippen molar-refractivity contribution in [3.8, 4) is 5.75 Å². The minimum Gasteiger partial charge on any atom is -0.497 e. The molecule has 3 rings (SSSR count). The van der Waals surface area contributed by atoms with Crippen molar-refractivity contribution < 1.29 is 9.53 Å². The van der Waals surface area contributed by atoms with Crippen LogP contribution in [0, 0.1) is 0 Å². The maximum absolute atomic E-state index is 12.4. The third-order valence-corrected chi connectivity index (χ3v) is 4.86. The summed E-state index contributed by atoms with van der Waals surface area (Å²) in [5.41, 5.74) is 11.7. The van der Waals surface area contributed by atoms with E-state index < -0.39 is 0 Å². The van der Waals surface area contributed by atoms with Gasteiger partial charge in [-0.15, -0.1) is 0 Å². The summed E-state index contributed by atoms with van der Waals surface area (Å²) in [6.07, 6.45) is 0.644. The van der Waals surface area contributed by atoms with E-state index in [1.165, 1.54) is 0 Å². The molecule has 1 heterocycles. The molecule has 7 heteroatoms. The van der Waals surface area contributed by atoms with Gasteiger partial charge in [0, 0.05) is 10.5 Å². The number of amides is 1. The molecule has 136 valence electrons. The molecule has 2 unspecified atom stereocenters. The molecule has 0 bridgehead atoms. The summed E-state index contributed by atoms with van der Waals surface area (Å²) in [7, 11) is 1.64. The highest BCUT2D eigenvalue weighted by atomic mass is 79.9. The number of ether oxygens (including phenoxy) is 1. The van der Waals surface area contributed by atoms with Crippen LogP contribution >= 0.6 is 15.9 Å². The molecule has 1 aliphatic rings. The molecule has 26 heavy (non-hydrogen) atoms. The third kappa shape index (κ3) is 4.49. The van der Waals surface area contributed by atoms with Crippen LogP contribution in [-0.2, 0) is 4.79 Å². The van der Waals surface area contributed by atoms with Crippen molar-refractivity contribution in [2.45, 2.75) is 25.4 Å². The smallest absolute Gasteiger partial charge is 0.258 e. The number of hydrazone groups is 1. The molecule has 2 aromatic carbocycles. The molecule has 0 spiro atoms. The first kappa shape index (κ1) is 18.6. The molecule has 0 radical (unpaired) electrons. The zero-order valence-electron chi connectivity index (χ0n) is 14.6. The number of carbonyl (C=O) groups excluding carboxylic acids is 1. The van der Waals surface area contributed by atoms with Crippen molar-refractivity contribution in [1.29, 1.82) is 0 Å². The second-order valence-corrected chi connectivity index (χ2v) is 7.00. The van der Waals surface area contributed by atoms with Crippen molar-refractivity contribution in [2.24, 2.45) is 5.10 Å². The summed E-state index contributed by atoms with van der Waals surface area (Å²) in [6, 6.07) is 15.3. The standard InChI is InChI=1S/C19H21BrN4O2/c1-12(13-3-7-15(20)8-4-13)21-24-19(25)18-11-17(22-23-18)14-5-9-16(26-2)10-6-14/h3-10,17-18,22-23H,11H2,1-2H3,(H,24,25)/b21-12+. The number of carbonyl (C=O) groups is 1. The van der Waals surface area contributed by atoms with E-state index in [0.717, 1.165) is 27.1 Å². The maximum atomic E-state index is 12.4. The molecule has 0 aromatic heterocycles. The van der Waals surface area contributed by atoms with Crippen molar-refractivity contribution in [3.63, 3.8) is 0 Å². The first-order valence-corrected chi connectivity index (χ1v) is 9.11. The lowest BCUT2D eigenvalue weighted by atomic mass is 10.0. The second-order valence-electron chi connectivity index (χ2n) is 6.08. The Labute approximate surface area is 161 Å². The molecule has 0 saturated carbocycles. The summed E-state index contributed by atoms with van der Waals surface area (Å²) in [6.45, 7) is 1.87. The van der Waals surface area contributed by atoms with Gasteiger partial charge in [-0.25, -0.2) is 16.3 Å². The van der Waals surface area contributed by atoms with Crippen LogP contribution < -0.4 is 21.0 Å². The monoisotopic (exact) mass is 416 g/mol. The number of nitrogens with one attached hydrogen (secondary N) is 3. The third-order valence-electron chi connectivity index (χ3n) is 4.33. The van der Waals surface area contributed by atoms with Gasteiger partial charge < -0.3 is 4.74 Å². The van der Waals surface area contributed by atoms with Crippen LogP contribution in [-0.4, -0.2) is 24.8 Å². The van der Waals surface area contributed by atoms with E-state index in [1.807, 2.05) is 55.5 Å². The van der Waals surface area contributed by atoms with Crippen LogP contribution in [0.5, 0.6) is 5.75 Å². The molecule has 1 fully saturated rings. The van der Waals surface area contributed by atoms with Gasteiger partial charge >= 0.3 is 0 Å². The van der Waals surface area contributed by atoms with Crippen LogP contribution in [0.15, 0.2) is 58.1 Å². The number of nitrogens with zero attached hydrogens (tertiary/aromatic N) is 1. The summed E-state index contributed by atoms with van der Waals surface area (Å²) in [5.74, 6) is 0.650. The Kier molecular flexibility index (Phi) is 6.03. The van der Waals surface area contributed by atoms with E-state index in [9.17, 15) is 4.79 Å². The fraction of sp³-hybridized carbons (Fsp3) is 0.263. The van der Waals surface area contributed by atoms with E-state index in [2.05, 4.69) is 37.3 Å². The molecular weight excluding hydrogens is 396 g/mol. The minimum atomic E-state index is -0.344. The predicted octanol–water partition coefficient (Wildman–Crippen LogP) is 2.91. The summed E-state index contributed by atoms with van der Waals surface area (Å²) in [4.78, 5) is 12.4. The molecule has 1 aliphatic heterocycles. The quantitative estimate of drug-likeness (QED) is 0.517. The average molecular weight is 417 g/mol. The van der Waals surface area contributed by atoms with Gasteiger partial charge in [0.15, 0.2) is 0 Å². The van der Waals surface area contributed by atoms with Crippen LogP contribution in [0.2, 0.25) is 0 Å².